The van der Waals surface area contributed by atoms with Gasteiger partial charge in [0.2, 0.25) is 0 Å². The predicted octanol–water partition coefficient (Wildman–Crippen LogP) is 2.23. The first-order chi connectivity index (χ1) is 8.69. The molecule has 2 aromatic heterocycles. The normalized spacial score (nSPS) is 10.3. The number of rotatable bonds is 5. The van der Waals surface area contributed by atoms with Crippen molar-refractivity contribution < 1.29 is 13.9 Å². The van der Waals surface area contributed by atoms with E-state index in [1.165, 1.54) is 6.26 Å². The van der Waals surface area contributed by atoms with Crippen LogP contribution in [0.1, 0.15) is 28.1 Å². The third-order valence-corrected chi connectivity index (χ3v) is 2.90. The second-order valence-electron chi connectivity index (χ2n) is 3.47. The van der Waals surface area contributed by atoms with Crippen LogP contribution < -0.4 is 5.32 Å². The molecule has 0 unspecified atom stereocenters. The first kappa shape index (κ1) is 12.6. The second-order valence-corrected chi connectivity index (χ2v) is 4.53. The number of nitrogens with one attached hydrogen (secondary N) is 1. The van der Waals surface area contributed by atoms with E-state index in [0.717, 1.165) is 10.7 Å². The van der Waals surface area contributed by atoms with E-state index in [1.807, 2.05) is 12.3 Å². The average molecular weight is 267 g/mol. The SMILES string of the molecule is CCOC(=O)c1coc(NCc2csc(C)n2)n1. The molecule has 2 rings (SSSR count). The lowest BCUT2D eigenvalue weighted by Crippen LogP contribution is -2.05. The molecule has 0 aliphatic heterocycles. The van der Waals surface area contributed by atoms with Crippen molar-refractivity contribution in [2.24, 2.45) is 0 Å². The Hall–Kier alpha value is -1.89. The van der Waals surface area contributed by atoms with Gasteiger partial charge in [0.05, 0.1) is 23.9 Å². The molecule has 18 heavy (non-hydrogen) atoms. The molecule has 6 nitrogen and oxygen atoms in total. The van der Waals surface area contributed by atoms with Crippen LogP contribution in [0.4, 0.5) is 6.01 Å². The number of aryl methyl sites for hydroxylation is 1. The molecule has 0 amide bonds. The molecule has 0 aliphatic carbocycles. The van der Waals surface area contributed by atoms with Gasteiger partial charge in [0.15, 0.2) is 5.69 Å². The third-order valence-electron chi connectivity index (χ3n) is 2.08. The van der Waals surface area contributed by atoms with Crippen LogP contribution in [0.15, 0.2) is 16.1 Å². The zero-order valence-corrected chi connectivity index (χ0v) is 10.9. The number of ether oxygens (including phenoxy) is 1. The minimum absolute atomic E-state index is 0.161. The lowest BCUT2D eigenvalue weighted by Gasteiger charge is -1.97. The Labute approximate surface area is 108 Å². The highest BCUT2D eigenvalue weighted by molar-refractivity contribution is 7.09. The van der Waals surface area contributed by atoms with Gasteiger partial charge in [-0.05, 0) is 13.8 Å². The highest BCUT2D eigenvalue weighted by Crippen LogP contribution is 2.12. The van der Waals surface area contributed by atoms with Gasteiger partial charge < -0.3 is 14.5 Å². The predicted molar refractivity (Wildman–Crippen MR) is 66.6 cm³/mol. The summed E-state index contributed by atoms with van der Waals surface area (Å²) in [5, 5.41) is 5.91. The highest BCUT2D eigenvalue weighted by Gasteiger charge is 2.12. The maximum atomic E-state index is 11.4. The fraction of sp³-hybridized carbons (Fsp3) is 0.364. The molecule has 0 saturated heterocycles. The van der Waals surface area contributed by atoms with E-state index in [9.17, 15) is 4.79 Å². The fourth-order valence-electron chi connectivity index (χ4n) is 1.31. The Balaban J connectivity index is 1.92. The number of oxazole rings is 1. The van der Waals surface area contributed by atoms with Crippen LogP contribution in [-0.4, -0.2) is 22.5 Å². The third kappa shape index (κ3) is 3.07. The van der Waals surface area contributed by atoms with E-state index in [4.69, 9.17) is 9.15 Å². The Morgan fingerprint density at radius 1 is 1.56 bits per heavy atom. The average Bonchev–Trinajstić information content (AvgIpc) is 2.95. The smallest absolute Gasteiger partial charge is 0.360 e. The van der Waals surface area contributed by atoms with E-state index in [2.05, 4.69) is 15.3 Å². The van der Waals surface area contributed by atoms with Crippen molar-refractivity contribution in [3.8, 4) is 0 Å². The number of anilines is 1. The van der Waals surface area contributed by atoms with Gasteiger partial charge in [0.25, 0.3) is 6.01 Å². The number of hydrogen-bond acceptors (Lipinski definition) is 7. The van der Waals surface area contributed by atoms with Gasteiger partial charge in [-0.15, -0.1) is 11.3 Å². The second kappa shape index (κ2) is 5.63. The van der Waals surface area contributed by atoms with Crippen LogP contribution in [0.2, 0.25) is 0 Å². The summed E-state index contributed by atoms with van der Waals surface area (Å²) in [6, 6.07) is 0.281. The monoisotopic (exact) mass is 267 g/mol. The van der Waals surface area contributed by atoms with Crippen molar-refractivity contribution in [2.75, 3.05) is 11.9 Å². The van der Waals surface area contributed by atoms with Gasteiger partial charge in [-0.25, -0.2) is 9.78 Å². The first-order valence-corrected chi connectivity index (χ1v) is 6.34. The van der Waals surface area contributed by atoms with E-state index in [1.54, 1.807) is 18.3 Å². The summed E-state index contributed by atoms with van der Waals surface area (Å²) in [6.07, 6.45) is 1.27. The van der Waals surface area contributed by atoms with Crippen molar-refractivity contribution in [1.82, 2.24) is 9.97 Å². The molecule has 1 N–H and O–H groups in total. The van der Waals surface area contributed by atoms with E-state index in [-0.39, 0.29) is 11.7 Å². The largest absolute Gasteiger partial charge is 0.461 e. The molecule has 0 fully saturated rings. The molecule has 0 atom stereocenters. The molecule has 0 aliphatic rings. The number of carbonyl (C=O) groups excluding carboxylic acids is 1. The Morgan fingerprint density at radius 3 is 3.06 bits per heavy atom. The van der Waals surface area contributed by atoms with Crippen molar-refractivity contribution in [3.63, 3.8) is 0 Å². The molecular formula is C11H13N3O3S. The molecule has 0 bridgehead atoms. The Morgan fingerprint density at radius 2 is 2.39 bits per heavy atom. The molecule has 2 aromatic rings. The quantitative estimate of drug-likeness (QED) is 0.837. The summed E-state index contributed by atoms with van der Waals surface area (Å²) in [5.74, 6) is -0.487. The van der Waals surface area contributed by atoms with Gasteiger partial charge in [0, 0.05) is 5.38 Å². The molecule has 0 aromatic carbocycles. The van der Waals surface area contributed by atoms with E-state index in [0.29, 0.717) is 13.2 Å². The van der Waals surface area contributed by atoms with Crippen molar-refractivity contribution in [1.29, 1.82) is 0 Å². The molecule has 0 saturated carbocycles. The van der Waals surface area contributed by atoms with Crippen LogP contribution >= 0.6 is 11.3 Å². The summed E-state index contributed by atoms with van der Waals surface area (Å²) in [6.45, 7) is 4.50. The summed E-state index contributed by atoms with van der Waals surface area (Å²) in [7, 11) is 0. The number of thiazole rings is 1. The fourth-order valence-corrected chi connectivity index (χ4v) is 1.92. The minimum atomic E-state index is -0.487. The zero-order chi connectivity index (χ0) is 13.0. The molecular weight excluding hydrogens is 254 g/mol. The van der Waals surface area contributed by atoms with Crippen LogP contribution in [0.5, 0.6) is 0 Å². The molecule has 7 heteroatoms. The summed E-state index contributed by atoms with van der Waals surface area (Å²) < 4.78 is 9.92. The number of esters is 1. The van der Waals surface area contributed by atoms with Gasteiger partial charge in [0.1, 0.15) is 6.26 Å². The zero-order valence-electron chi connectivity index (χ0n) is 10.1. The van der Waals surface area contributed by atoms with Gasteiger partial charge in [-0.2, -0.15) is 4.98 Å². The minimum Gasteiger partial charge on any atom is -0.461 e. The first-order valence-electron chi connectivity index (χ1n) is 5.46. The maximum absolute atomic E-state index is 11.4. The molecule has 0 spiro atoms. The van der Waals surface area contributed by atoms with Crippen molar-refractivity contribution >= 4 is 23.3 Å². The number of hydrogen-bond donors (Lipinski definition) is 1. The topological polar surface area (TPSA) is 77.2 Å². The van der Waals surface area contributed by atoms with Crippen molar-refractivity contribution in [2.45, 2.75) is 20.4 Å². The standard InChI is InChI=1S/C11H13N3O3S/c1-3-16-10(15)9-5-17-11(14-9)12-4-8-6-18-7(2)13-8/h5-6H,3-4H2,1-2H3,(H,12,14). The molecule has 96 valence electrons. The molecule has 2 heterocycles. The van der Waals surface area contributed by atoms with Gasteiger partial charge in [-0.1, -0.05) is 0 Å². The molecule has 0 radical (unpaired) electrons. The Bertz CT molecular complexity index is 535. The summed E-state index contributed by atoms with van der Waals surface area (Å²) in [4.78, 5) is 19.6. The van der Waals surface area contributed by atoms with Crippen LogP contribution in [0.25, 0.3) is 0 Å². The van der Waals surface area contributed by atoms with Crippen molar-refractivity contribution in [3.05, 3.63) is 28.0 Å². The lowest BCUT2D eigenvalue weighted by molar-refractivity contribution is 0.0519. The van der Waals surface area contributed by atoms with Crippen LogP contribution in [0, 0.1) is 6.92 Å². The number of aromatic nitrogens is 2. The van der Waals surface area contributed by atoms with Gasteiger partial charge in [-0.3, -0.25) is 0 Å². The lowest BCUT2D eigenvalue weighted by atomic mass is 10.5. The number of carbonyl (C=O) groups is 1. The van der Waals surface area contributed by atoms with Crippen LogP contribution in [-0.2, 0) is 11.3 Å². The number of nitrogens with zero attached hydrogens (tertiary/aromatic N) is 2. The van der Waals surface area contributed by atoms with Gasteiger partial charge >= 0.3 is 5.97 Å². The maximum Gasteiger partial charge on any atom is 0.360 e. The summed E-state index contributed by atoms with van der Waals surface area (Å²) >= 11 is 1.58. The highest BCUT2D eigenvalue weighted by atomic mass is 32.1. The van der Waals surface area contributed by atoms with E-state index < -0.39 is 5.97 Å². The Kier molecular flexibility index (Phi) is 3.93. The van der Waals surface area contributed by atoms with E-state index >= 15 is 0 Å². The summed E-state index contributed by atoms with van der Waals surface area (Å²) in [5.41, 5.74) is 1.07. The van der Waals surface area contributed by atoms with Crippen LogP contribution in [0.3, 0.4) is 0 Å².